The van der Waals surface area contributed by atoms with Crippen molar-refractivity contribution in [2.75, 3.05) is 6.61 Å². The summed E-state index contributed by atoms with van der Waals surface area (Å²) in [4.78, 5) is 12.1. The fourth-order valence-corrected chi connectivity index (χ4v) is 2.01. The maximum absolute atomic E-state index is 12.1. The number of ether oxygens (including phenoxy) is 2. The van der Waals surface area contributed by atoms with Crippen LogP contribution in [0.3, 0.4) is 0 Å². The van der Waals surface area contributed by atoms with Crippen LogP contribution in [-0.4, -0.2) is 24.7 Å². The van der Waals surface area contributed by atoms with E-state index >= 15 is 0 Å². The van der Waals surface area contributed by atoms with E-state index in [0.717, 1.165) is 5.75 Å². The molecule has 2 aromatic rings. The second kappa shape index (κ2) is 8.22. The summed E-state index contributed by atoms with van der Waals surface area (Å²) in [6, 6.07) is 17.0. The average molecular weight is 313 g/mol. The van der Waals surface area contributed by atoms with Gasteiger partial charge in [0, 0.05) is 0 Å². The van der Waals surface area contributed by atoms with Crippen molar-refractivity contribution in [1.29, 1.82) is 0 Å². The largest absolute Gasteiger partial charge is 0.491 e. The number of carbonyl (C=O) groups is 1. The molecule has 122 valence electrons. The van der Waals surface area contributed by atoms with Crippen molar-refractivity contribution in [1.82, 2.24) is 5.32 Å². The van der Waals surface area contributed by atoms with E-state index in [1.165, 1.54) is 5.56 Å². The summed E-state index contributed by atoms with van der Waals surface area (Å²) >= 11 is 0. The molecule has 2 rings (SSSR count). The molecule has 2 unspecified atom stereocenters. The molecule has 2 aromatic carbocycles. The van der Waals surface area contributed by atoms with Gasteiger partial charge < -0.3 is 14.8 Å². The van der Waals surface area contributed by atoms with Gasteiger partial charge in [-0.15, -0.1) is 0 Å². The van der Waals surface area contributed by atoms with Crippen molar-refractivity contribution in [2.45, 2.75) is 32.9 Å². The van der Waals surface area contributed by atoms with Gasteiger partial charge in [0.1, 0.15) is 18.1 Å². The van der Waals surface area contributed by atoms with Gasteiger partial charge in [0.25, 0.3) is 5.91 Å². The van der Waals surface area contributed by atoms with Crippen molar-refractivity contribution in [3.05, 3.63) is 60.2 Å². The summed E-state index contributed by atoms with van der Waals surface area (Å²) in [7, 11) is 0. The fourth-order valence-electron chi connectivity index (χ4n) is 2.01. The monoisotopic (exact) mass is 313 g/mol. The molecule has 0 saturated heterocycles. The van der Waals surface area contributed by atoms with Crippen LogP contribution in [0.4, 0.5) is 0 Å². The predicted molar refractivity (Wildman–Crippen MR) is 90.8 cm³/mol. The first-order chi connectivity index (χ1) is 11.0. The van der Waals surface area contributed by atoms with E-state index in [1.807, 2.05) is 68.4 Å². The average Bonchev–Trinajstić information content (AvgIpc) is 2.55. The SMILES string of the molecule is Cc1ccc(OCC(C)NC(=O)C(C)Oc2ccccc2)cc1. The summed E-state index contributed by atoms with van der Waals surface area (Å²) in [6.07, 6.45) is -0.556. The molecule has 4 heteroatoms. The third kappa shape index (κ3) is 5.66. The normalized spacial score (nSPS) is 13.0. The Bertz CT molecular complexity index is 610. The molecular formula is C19H23NO3. The van der Waals surface area contributed by atoms with Crippen molar-refractivity contribution in [2.24, 2.45) is 0 Å². The Kier molecular flexibility index (Phi) is 6.03. The van der Waals surface area contributed by atoms with E-state index in [4.69, 9.17) is 9.47 Å². The van der Waals surface area contributed by atoms with Crippen LogP contribution < -0.4 is 14.8 Å². The molecule has 2 atom stereocenters. The van der Waals surface area contributed by atoms with Gasteiger partial charge in [-0.3, -0.25) is 4.79 Å². The Balaban J connectivity index is 1.76. The van der Waals surface area contributed by atoms with Crippen LogP contribution in [0.2, 0.25) is 0 Å². The molecule has 1 N–H and O–H groups in total. The summed E-state index contributed by atoms with van der Waals surface area (Å²) in [5.74, 6) is 1.32. The van der Waals surface area contributed by atoms with E-state index in [2.05, 4.69) is 5.32 Å². The minimum absolute atomic E-state index is 0.106. The maximum atomic E-state index is 12.1. The molecule has 0 fully saturated rings. The van der Waals surface area contributed by atoms with Crippen molar-refractivity contribution in [3.8, 4) is 11.5 Å². The lowest BCUT2D eigenvalue weighted by atomic mass is 10.2. The zero-order valence-electron chi connectivity index (χ0n) is 13.8. The lowest BCUT2D eigenvalue weighted by molar-refractivity contribution is -0.128. The minimum atomic E-state index is -0.556. The van der Waals surface area contributed by atoms with Crippen LogP contribution in [0.1, 0.15) is 19.4 Å². The zero-order valence-corrected chi connectivity index (χ0v) is 13.8. The number of carbonyl (C=O) groups excluding carboxylic acids is 1. The number of aryl methyl sites for hydroxylation is 1. The Morgan fingerprint density at radius 3 is 2.30 bits per heavy atom. The van der Waals surface area contributed by atoms with Gasteiger partial charge >= 0.3 is 0 Å². The van der Waals surface area contributed by atoms with Crippen LogP contribution >= 0.6 is 0 Å². The highest BCUT2D eigenvalue weighted by molar-refractivity contribution is 5.80. The Morgan fingerprint density at radius 2 is 1.65 bits per heavy atom. The maximum Gasteiger partial charge on any atom is 0.261 e. The molecule has 0 spiro atoms. The van der Waals surface area contributed by atoms with Gasteiger partial charge in [-0.05, 0) is 45.0 Å². The van der Waals surface area contributed by atoms with Crippen LogP contribution in [0.25, 0.3) is 0 Å². The highest BCUT2D eigenvalue weighted by Crippen LogP contribution is 2.12. The van der Waals surface area contributed by atoms with Crippen LogP contribution in [-0.2, 0) is 4.79 Å². The Hall–Kier alpha value is -2.49. The second-order valence-electron chi connectivity index (χ2n) is 5.61. The first-order valence-corrected chi connectivity index (χ1v) is 7.76. The topological polar surface area (TPSA) is 47.6 Å². The number of hydrogen-bond donors (Lipinski definition) is 1. The molecule has 0 aliphatic carbocycles. The predicted octanol–water partition coefficient (Wildman–Crippen LogP) is 3.35. The molecule has 0 heterocycles. The van der Waals surface area contributed by atoms with Gasteiger partial charge in [-0.2, -0.15) is 0 Å². The molecule has 0 radical (unpaired) electrons. The third-order valence-corrected chi connectivity index (χ3v) is 3.33. The van der Waals surface area contributed by atoms with Crippen molar-refractivity contribution >= 4 is 5.91 Å². The highest BCUT2D eigenvalue weighted by Gasteiger charge is 2.17. The Morgan fingerprint density at radius 1 is 1.00 bits per heavy atom. The van der Waals surface area contributed by atoms with Crippen molar-refractivity contribution in [3.63, 3.8) is 0 Å². The Labute approximate surface area is 137 Å². The van der Waals surface area contributed by atoms with Gasteiger partial charge in [0.2, 0.25) is 0 Å². The van der Waals surface area contributed by atoms with E-state index < -0.39 is 6.10 Å². The summed E-state index contributed by atoms with van der Waals surface area (Å²) < 4.78 is 11.3. The quantitative estimate of drug-likeness (QED) is 0.853. The van der Waals surface area contributed by atoms with Crippen LogP contribution in [0.15, 0.2) is 54.6 Å². The molecule has 4 nitrogen and oxygen atoms in total. The molecule has 23 heavy (non-hydrogen) atoms. The zero-order chi connectivity index (χ0) is 16.7. The number of rotatable bonds is 7. The highest BCUT2D eigenvalue weighted by atomic mass is 16.5. The summed E-state index contributed by atoms with van der Waals surface area (Å²) in [5.41, 5.74) is 1.19. The number of para-hydroxylation sites is 1. The molecule has 0 aliphatic rings. The van der Waals surface area contributed by atoms with Crippen molar-refractivity contribution < 1.29 is 14.3 Å². The van der Waals surface area contributed by atoms with Gasteiger partial charge in [0.15, 0.2) is 6.10 Å². The smallest absolute Gasteiger partial charge is 0.261 e. The number of hydrogen-bond acceptors (Lipinski definition) is 3. The number of nitrogens with one attached hydrogen (secondary N) is 1. The molecule has 0 bridgehead atoms. The van der Waals surface area contributed by atoms with E-state index in [-0.39, 0.29) is 11.9 Å². The summed E-state index contributed by atoms with van der Waals surface area (Å²) in [5, 5.41) is 2.89. The molecule has 0 aliphatic heterocycles. The van der Waals surface area contributed by atoms with E-state index in [9.17, 15) is 4.79 Å². The standard InChI is InChI=1S/C19H23NO3/c1-14-9-11-17(12-10-14)22-13-15(2)20-19(21)16(3)23-18-7-5-4-6-8-18/h4-12,15-16H,13H2,1-3H3,(H,20,21). The number of amides is 1. The number of benzene rings is 2. The second-order valence-corrected chi connectivity index (χ2v) is 5.61. The minimum Gasteiger partial charge on any atom is -0.491 e. The lowest BCUT2D eigenvalue weighted by Crippen LogP contribution is -2.43. The van der Waals surface area contributed by atoms with Gasteiger partial charge in [0.05, 0.1) is 6.04 Å². The van der Waals surface area contributed by atoms with E-state index in [0.29, 0.717) is 12.4 Å². The molecule has 0 aromatic heterocycles. The molecule has 0 saturated carbocycles. The third-order valence-electron chi connectivity index (χ3n) is 3.33. The van der Waals surface area contributed by atoms with Crippen LogP contribution in [0, 0.1) is 6.92 Å². The first kappa shape index (κ1) is 16.9. The van der Waals surface area contributed by atoms with Crippen LogP contribution in [0.5, 0.6) is 11.5 Å². The van der Waals surface area contributed by atoms with Gasteiger partial charge in [-0.25, -0.2) is 0 Å². The van der Waals surface area contributed by atoms with E-state index in [1.54, 1.807) is 6.92 Å². The first-order valence-electron chi connectivity index (χ1n) is 7.76. The molecule has 1 amide bonds. The fraction of sp³-hybridized carbons (Fsp3) is 0.316. The summed E-state index contributed by atoms with van der Waals surface area (Å²) in [6.45, 7) is 6.07. The lowest BCUT2D eigenvalue weighted by Gasteiger charge is -2.19. The van der Waals surface area contributed by atoms with Gasteiger partial charge in [-0.1, -0.05) is 35.9 Å². The molecular weight excluding hydrogens is 290 g/mol.